The van der Waals surface area contributed by atoms with Gasteiger partial charge in [0.1, 0.15) is 12.7 Å². The summed E-state index contributed by atoms with van der Waals surface area (Å²) in [6.45, 7) is 2.24. The number of rotatable bonds is 5. The molecule has 6 heteroatoms. The van der Waals surface area contributed by atoms with Gasteiger partial charge in [0.05, 0.1) is 18.8 Å². The largest absolute Gasteiger partial charge is 0.396 e. The zero-order valence-corrected chi connectivity index (χ0v) is 13.9. The van der Waals surface area contributed by atoms with Gasteiger partial charge in [-0.1, -0.05) is 30.7 Å². The average Bonchev–Trinajstić information content (AvgIpc) is 3.12. The molecule has 1 aromatic carbocycles. The van der Waals surface area contributed by atoms with Gasteiger partial charge in [-0.05, 0) is 42.9 Å². The fourth-order valence-corrected chi connectivity index (χ4v) is 3.84. The second-order valence-electron chi connectivity index (χ2n) is 6.80. The molecule has 2 N–H and O–H groups in total. The molecule has 0 saturated heterocycles. The maximum atomic E-state index is 11.5. The van der Waals surface area contributed by atoms with E-state index in [1.54, 1.807) is 11.0 Å². The Balaban J connectivity index is 1.87. The van der Waals surface area contributed by atoms with Gasteiger partial charge in [-0.15, -0.1) is 0 Å². The molecule has 1 saturated carbocycles. The lowest BCUT2D eigenvalue weighted by atomic mass is 9.71. The van der Waals surface area contributed by atoms with Crippen LogP contribution in [0.3, 0.4) is 0 Å². The van der Waals surface area contributed by atoms with Crippen molar-refractivity contribution >= 4 is 11.6 Å². The highest BCUT2D eigenvalue weighted by Crippen LogP contribution is 2.51. The van der Waals surface area contributed by atoms with Crippen LogP contribution in [-0.2, 0) is 13.0 Å². The highest BCUT2D eigenvalue weighted by molar-refractivity contribution is 6.30. The number of hydrogen-bond donors (Lipinski definition) is 2. The molecule has 0 amide bonds. The van der Waals surface area contributed by atoms with Crippen molar-refractivity contribution in [3.8, 4) is 0 Å². The van der Waals surface area contributed by atoms with Gasteiger partial charge in [0, 0.05) is 10.4 Å². The molecule has 0 radical (unpaired) electrons. The number of benzene rings is 1. The minimum absolute atomic E-state index is 0.0463. The summed E-state index contributed by atoms with van der Waals surface area (Å²) >= 11 is 5.95. The molecule has 0 spiro atoms. The van der Waals surface area contributed by atoms with E-state index in [2.05, 4.69) is 10.1 Å². The third-order valence-electron chi connectivity index (χ3n) is 5.38. The number of halogens is 1. The second-order valence-corrected chi connectivity index (χ2v) is 7.24. The lowest BCUT2D eigenvalue weighted by Crippen LogP contribution is -2.52. The normalized spacial score (nSPS) is 30.7. The van der Waals surface area contributed by atoms with Crippen LogP contribution in [0.5, 0.6) is 0 Å². The van der Waals surface area contributed by atoms with Gasteiger partial charge in [-0.3, -0.25) is 4.68 Å². The highest BCUT2D eigenvalue weighted by atomic mass is 35.5. The monoisotopic (exact) mass is 335 g/mol. The predicted octanol–water partition coefficient (Wildman–Crippen LogP) is 2.31. The lowest BCUT2D eigenvalue weighted by molar-refractivity contribution is -0.116. The second kappa shape index (κ2) is 6.23. The fourth-order valence-electron chi connectivity index (χ4n) is 3.71. The molecule has 2 aromatic rings. The van der Waals surface area contributed by atoms with Crippen molar-refractivity contribution in [2.45, 2.75) is 38.3 Å². The van der Waals surface area contributed by atoms with Crippen LogP contribution in [0.4, 0.5) is 0 Å². The van der Waals surface area contributed by atoms with Crippen LogP contribution in [0, 0.1) is 11.3 Å². The van der Waals surface area contributed by atoms with Crippen LogP contribution in [0.2, 0.25) is 5.02 Å². The van der Waals surface area contributed by atoms with E-state index in [1.165, 1.54) is 6.33 Å². The summed E-state index contributed by atoms with van der Waals surface area (Å²) in [5.41, 5.74) is -0.441. The first-order valence-electron chi connectivity index (χ1n) is 7.87. The molecule has 3 rings (SSSR count). The van der Waals surface area contributed by atoms with Crippen LogP contribution in [-0.4, -0.2) is 37.2 Å². The molecule has 0 aliphatic heterocycles. The Labute approximate surface area is 140 Å². The molecule has 23 heavy (non-hydrogen) atoms. The van der Waals surface area contributed by atoms with E-state index >= 15 is 0 Å². The first-order valence-corrected chi connectivity index (χ1v) is 8.25. The topological polar surface area (TPSA) is 71.2 Å². The van der Waals surface area contributed by atoms with Gasteiger partial charge in [0.15, 0.2) is 0 Å². The molecule has 3 atom stereocenters. The molecule has 1 aliphatic rings. The maximum absolute atomic E-state index is 11.5. The summed E-state index contributed by atoms with van der Waals surface area (Å²) in [7, 11) is 0. The van der Waals surface area contributed by atoms with Crippen molar-refractivity contribution in [2.75, 3.05) is 6.61 Å². The van der Waals surface area contributed by atoms with Gasteiger partial charge in [-0.25, -0.2) is 4.98 Å². The number of aliphatic hydroxyl groups excluding tert-OH is 1. The Hall–Kier alpha value is -1.43. The molecular formula is C17H22ClN3O2. The number of aliphatic hydroxyl groups is 2. The maximum Gasteiger partial charge on any atom is 0.137 e. The third kappa shape index (κ3) is 3.01. The van der Waals surface area contributed by atoms with Crippen LogP contribution in [0.1, 0.15) is 25.3 Å². The zero-order chi connectivity index (χ0) is 16.5. The molecule has 0 unspecified atom stereocenters. The Morgan fingerprint density at radius 1 is 1.35 bits per heavy atom. The standard InChI is InChI=1S/C17H22ClN3O2/c1-16(10-22)7-6-14(8-13-2-4-15(18)5-3-13)17(16,23)9-21-12-19-11-20-21/h2-5,11-12,14,22-23H,6-10H2,1H3/t14-,16-,17+/m1/s1. The molecule has 1 heterocycles. The number of hydrogen-bond acceptors (Lipinski definition) is 4. The molecule has 1 aliphatic carbocycles. The van der Waals surface area contributed by atoms with E-state index in [-0.39, 0.29) is 12.5 Å². The van der Waals surface area contributed by atoms with Crippen molar-refractivity contribution in [3.63, 3.8) is 0 Å². The first-order chi connectivity index (χ1) is 11.0. The summed E-state index contributed by atoms with van der Waals surface area (Å²) in [4.78, 5) is 3.95. The highest BCUT2D eigenvalue weighted by Gasteiger charge is 2.56. The summed E-state index contributed by atoms with van der Waals surface area (Å²) in [6.07, 6.45) is 5.46. The Bertz CT molecular complexity index is 646. The van der Waals surface area contributed by atoms with Crippen LogP contribution in [0.25, 0.3) is 0 Å². The van der Waals surface area contributed by atoms with Crippen molar-refractivity contribution in [3.05, 3.63) is 47.5 Å². The quantitative estimate of drug-likeness (QED) is 0.879. The summed E-state index contributed by atoms with van der Waals surface area (Å²) < 4.78 is 1.65. The first kappa shape index (κ1) is 16.4. The van der Waals surface area contributed by atoms with Gasteiger partial charge in [-0.2, -0.15) is 5.10 Å². The van der Waals surface area contributed by atoms with E-state index in [9.17, 15) is 10.2 Å². The molecule has 0 bridgehead atoms. The number of aromatic nitrogens is 3. The summed E-state index contributed by atoms with van der Waals surface area (Å²) in [5.74, 6) is 0.0463. The van der Waals surface area contributed by atoms with Crippen LogP contribution >= 0.6 is 11.6 Å². The van der Waals surface area contributed by atoms with E-state index in [4.69, 9.17) is 11.6 Å². The molecule has 124 valence electrons. The number of nitrogens with zero attached hydrogens (tertiary/aromatic N) is 3. The van der Waals surface area contributed by atoms with Crippen LogP contribution < -0.4 is 0 Å². The van der Waals surface area contributed by atoms with Crippen LogP contribution in [0.15, 0.2) is 36.9 Å². The van der Waals surface area contributed by atoms with E-state index in [1.807, 2.05) is 31.2 Å². The summed E-state index contributed by atoms with van der Waals surface area (Å²) in [5, 5.41) is 26.2. The predicted molar refractivity (Wildman–Crippen MR) is 88.0 cm³/mol. The van der Waals surface area contributed by atoms with Gasteiger partial charge in [0.2, 0.25) is 0 Å². The van der Waals surface area contributed by atoms with Crippen molar-refractivity contribution in [2.24, 2.45) is 11.3 Å². The van der Waals surface area contributed by atoms with Crippen molar-refractivity contribution < 1.29 is 10.2 Å². The lowest BCUT2D eigenvalue weighted by Gasteiger charge is -2.42. The smallest absolute Gasteiger partial charge is 0.137 e. The van der Waals surface area contributed by atoms with Gasteiger partial charge < -0.3 is 10.2 Å². The Morgan fingerprint density at radius 2 is 2.09 bits per heavy atom. The van der Waals surface area contributed by atoms with E-state index < -0.39 is 11.0 Å². The molecule has 1 fully saturated rings. The summed E-state index contributed by atoms with van der Waals surface area (Å²) in [6, 6.07) is 7.72. The molecular weight excluding hydrogens is 314 g/mol. The van der Waals surface area contributed by atoms with Gasteiger partial charge in [0.25, 0.3) is 0 Å². The average molecular weight is 336 g/mol. The van der Waals surface area contributed by atoms with Crippen molar-refractivity contribution in [1.29, 1.82) is 0 Å². The van der Waals surface area contributed by atoms with E-state index in [0.29, 0.717) is 11.6 Å². The minimum Gasteiger partial charge on any atom is -0.396 e. The zero-order valence-electron chi connectivity index (χ0n) is 13.2. The minimum atomic E-state index is -1.03. The SMILES string of the molecule is C[C@]1(CO)CC[C@H](Cc2ccc(Cl)cc2)[C@@]1(O)Cn1cncn1. The molecule has 1 aromatic heterocycles. The van der Waals surface area contributed by atoms with Gasteiger partial charge >= 0.3 is 0 Å². The Kier molecular flexibility index (Phi) is 4.45. The van der Waals surface area contributed by atoms with E-state index in [0.717, 1.165) is 24.8 Å². The fraction of sp³-hybridized carbons (Fsp3) is 0.529. The van der Waals surface area contributed by atoms with Crippen molar-refractivity contribution in [1.82, 2.24) is 14.8 Å². The Morgan fingerprint density at radius 3 is 2.70 bits per heavy atom. The molecule has 5 nitrogen and oxygen atoms in total. The third-order valence-corrected chi connectivity index (χ3v) is 5.63.